The highest BCUT2D eigenvalue weighted by Gasteiger charge is 2.16. The van der Waals surface area contributed by atoms with Gasteiger partial charge in [0.05, 0.1) is 12.3 Å². The molecule has 0 spiro atoms. The zero-order valence-electron chi connectivity index (χ0n) is 12.4. The van der Waals surface area contributed by atoms with Gasteiger partial charge in [0.15, 0.2) is 5.69 Å². The van der Waals surface area contributed by atoms with Crippen LogP contribution in [0.5, 0.6) is 5.95 Å². The molecule has 0 amide bonds. The number of oxazole rings is 1. The van der Waals surface area contributed by atoms with E-state index in [-0.39, 0.29) is 5.95 Å². The molecule has 3 aromatic rings. The molecule has 2 heterocycles. The highest BCUT2D eigenvalue weighted by Crippen LogP contribution is 2.27. The summed E-state index contributed by atoms with van der Waals surface area (Å²) in [6.07, 6.45) is 3.43. The summed E-state index contributed by atoms with van der Waals surface area (Å²) in [6, 6.07) is 10.8. The van der Waals surface area contributed by atoms with E-state index < -0.39 is 0 Å². The Hall–Kier alpha value is -2.66. The van der Waals surface area contributed by atoms with E-state index in [0.29, 0.717) is 28.9 Å². The second kappa shape index (κ2) is 6.62. The lowest BCUT2D eigenvalue weighted by Gasteiger charge is -1.98. The van der Waals surface area contributed by atoms with Crippen molar-refractivity contribution >= 4 is 17.3 Å². The predicted octanol–water partition coefficient (Wildman–Crippen LogP) is 4.10. The quantitative estimate of drug-likeness (QED) is 0.732. The molecule has 1 aromatic carbocycles. The van der Waals surface area contributed by atoms with Gasteiger partial charge in [-0.15, -0.1) is 0 Å². The number of pyridine rings is 1. The van der Waals surface area contributed by atoms with Crippen LogP contribution in [0.4, 0.5) is 0 Å². The van der Waals surface area contributed by atoms with E-state index in [1.54, 1.807) is 43.6 Å². The minimum Gasteiger partial charge on any atom is -0.479 e. The molecule has 5 nitrogen and oxygen atoms in total. The third-order valence-corrected chi connectivity index (χ3v) is 3.54. The zero-order valence-corrected chi connectivity index (χ0v) is 13.2. The lowest BCUT2D eigenvalue weighted by atomic mass is 10.2. The van der Waals surface area contributed by atoms with Crippen LogP contribution in [0, 0.1) is 0 Å². The molecule has 1 N–H and O–H groups in total. The molecule has 0 aliphatic carbocycles. The first-order chi connectivity index (χ1) is 11.1. The second-order valence-corrected chi connectivity index (χ2v) is 5.37. The van der Waals surface area contributed by atoms with Crippen LogP contribution in [0.3, 0.4) is 0 Å². The minimum absolute atomic E-state index is 0.245. The first-order valence-corrected chi connectivity index (χ1v) is 7.37. The Morgan fingerprint density at radius 1 is 1.17 bits per heavy atom. The topological polar surface area (TPSA) is 71.5 Å². The lowest BCUT2D eigenvalue weighted by Crippen LogP contribution is -1.97. The molecule has 0 fully saturated rings. The van der Waals surface area contributed by atoms with Gasteiger partial charge in [0.2, 0.25) is 5.89 Å². The molecule has 23 heavy (non-hydrogen) atoms. The van der Waals surface area contributed by atoms with Gasteiger partial charge in [-0.3, -0.25) is 9.98 Å². The van der Waals surface area contributed by atoms with E-state index in [1.165, 1.54) is 0 Å². The molecular formula is C17H14ClN3O2. The fraction of sp³-hybridized carbons (Fsp3) is 0.118. The van der Waals surface area contributed by atoms with Crippen molar-refractivity contribution in [3.63, 3.8) is 0 Å². The Morgan fingerprint density at radius 2 is 1.87 bits per heavy atom. The van der Waals surface area contributed by atoms with Crippen LogP contribution in [0.25, 0.3) is 11.5 Å². The third kappa shape index (κ3) is 3.57. The smallest absolute Gasteiger partial charge is 0.312 e. The maximum atomic E-state index is 9.97. The number of hydrogen-bond acceptors (Lipinski definition) is 5. The first kappa shape index (κ1) is 15.2. The van der Waals surface area contributed by atoms with Gasteiger partial charge in [-0.25, -0.2) is 4.98 Å². The maximum Gasteiger partial charge on any atom is 0.312 e. The van der Waals surface area contributed by atoms with Crippen LogP contribution in [0.2, 0.25) is 5.02 Å². The number of nitrogens with zero attached hydrogens (tertiary/aromatic N) is 3. The molecule has 0 aliphatic rings. The van der Waals surface area contributed by atoms with Crippen LogP contribution >= 0.6 is 11.6 Å². The number of aliphatic imine (C=N–C) groups is 1. The van der Waals surface area contributed by atoms with E-state index in [9.17, 15) is 5.11 Å². The number of hydrogen-bond donors (Lipinski definition) is 1. The van der Waals surface area contributed by atoms with Crippen molar-refractivity contribution in [1.82, 2.24) is 9.97 Å². The van der Waals surface area contributed by atoms with Gasteiger partial charge in [-0.2, -0.15) is 0 Å². The molecule has 0 atom stereocenters. The fourth-order valence-corrected chi connectivity index (χ4v) is 2.16. The van der Waals surface area contributed by atoms with Crippen LogP contribution in [-0.2, 0) is 6.54 Å². The molecular weight excluding hydrogens is 314 g/mol. The second-order valence-electron chi connectivity index (χ2n) is 4.94. The van der Waals surface area contributed by atoms with Gasteiger partial charge in [0.25, 0.3) is 0 Å². The van der Waals surface area contributed by atoms with Gasteiger partial charge in [-0.1, -0.05) is 11.6 Å². The summed E-state index contributed by atoms with van der Waals surface area (Å²) in [5.41, 5.74) is 2.70. The molecule has 116 valence electrons. The Morgan fingerprint density at radius 3 is 2.57 bits per heavy atom. The van der Waals surface area contributed by atoms with Crippen LogP contribution < -0.4 is 0 Å². The van der Waals surface area contributed by atoms with Crippen LogP contribution in [0.1, 0.15) is 18.2 Å². The average Bonchev–Trinajstić information content (AvgIpc) is 2.96. The van der Waals surface area contributed by atoms with Gasteiger partial charge in [0.1, 0.15) is 0 Å². The summed E-state index contributed by atoms with van der Waals surface area (Å²) >= 11 is 5.86. The molecule has 0 saturated heterocycles. The number of aromatic nitrogens is 2. The summed E-state index contributed by atoms with van der Waals surface area (Å²) in [5.74, 6) is 0.0820. The highest BCUT2D eigenvalue weighted by atomic mass is 35.5. The van der Waals surface area contributed by atoms with Crippen molar-refractivity contribution in [2.75, 3.05) is 0 Å². The van der Waals surface area contributed by atoms with Gasteiger partial charge < -0.3 is 9.52 Å². The van der Waals surface area contributed by atoms with E-state index in [0.717, 1.165) is 11.1 Å². The number of halogens is 1. The number of benzene rings is 1. The fourth-order valence-electron chi connectivity index (χ4n) is 2.04. The minimum atomic E-state index is -0.245. The Labute approximate surface area is 138 Å². The molecule has 0 bridgehead atoms. The van der Waals surface area contributed by atoms with Gasteiger partial charge >= 0.3 is 5.95 Å². The molecule has 0 unspecified atom stereocenters. The van der Waals surface area contributed by atoms with Crippen molar-refractivity contribution in [2.24, 2.45) is 4.99 Å². The van der Waals surface area contributed by atoms with E-state index >= 15 is 0 Å². The van der Waals surface area contributed by atoms with E-state index in [1.807, 2.05) is 12.1 Å². The van der Waals surface area contributed by atoms with Crippen molar-refractivity contribution in [2.45, 2.75) is 13.5 Å². The van der Waals surface area contributed by atoms with Gasteiger partial charge in [0, 0.05) is 23.0 Å². The largest absolute Gasteiger partial charge is 0.479 e. The third-order valence-electron chi connectivity index (χ3n) is 3.29. The summed E-state index contributed by atoms with van der Waals surface area (Å²) < 4.78 is 5.32. The Kier molecular flexibility index (Phi) is 4.39. The lowest BCUT2D eigenvalue weighted by molar-refractivity contribution is 0.336. The Balaban J connectivity index is 1.84. The van der Waals surface area contributed by atoms with Crippen molar-refractivity contribution in [3.05, 3.63) is 65.1 Å². The summed E-state index contributed by atoms with van der Waals surface area (Å²) in [7, 11) is 0. The van der Waals surface area contributed by atoms with Gasteiger partial charge in [-0.05, 0) is 48.9 Å². The Bertz CT molecular complexity index is 827. The molecule has 0 saturated carbocycles. The maximum absolute atomic E-state index is 9.97. The molecule has 6 heteroatoms. The van der Waals surface area contributed by atoms with Crippen LogP contribution in [-0.4, -0.2) is 20.8 Å². The first-order valence-electron chi connectivity index (χ1n) is 6.99. The van der Waals surface area contributed by atoms with Crippen LogP contribution in [0.15, 0.2) is 58.2 Å². The van der Waals surface area contributed by atoms with Crippen molar-refractivity contribution < 1.29 is 9.52 Å². The molecule has 0 radical (unpaired) electrons. The van der Waals surface area contributed by atoms with E-state index in [2.05, 4.69) is 15.0 Å². The molecule has 0 aliphatic heterocycles. The number of rotatable bonds is 4. The average molecular weight is 328 g/mol. The van der Waals surface area contributed by atoms with E-state index in [4.69, 9.17) is 16.0 Å². The standard InChI is InChI=1S/C17H14ClN3O2/c1-11(20-10-12-6-8-19-9-7-12)15-17(22)23-16(21-15)13-2-4-14(18)5-3-13/h2-9,22H,10H2,1H3. The monoisotopic (exact) mass is 327 g/mol. The predicted molar refractivity (Wildman–Crippen MR) is 88.8 cm³/mol. The zero-order chi connectivity index (χ0) is 16.2. The van der Waals surface area contributed by atoms with Crippen molar-refractivity contribution in [3.8, 4) is 17.4 Å². The summed E-state index contributed by atoms with van der Waals surface area (Å²) in [5, 5.41) is 10.6. The summed E-state index contributed by atoms with van der Waals surface area (Å²) in [6.45, 7) is 2.27. The number of aromatic hydroxyl groups is 1. The summed E-state index contributed by atoms with van der Waals surface area (Å²) in [4.78, 5) is 12.7. The highest BCUT2D eigenvalue weighted by molar-refractivity contribution is 6.30. The normalized spacial score (nSPS) is 11.7. The van der Waals surface area contributed by atoms with Crippen molar-refractivity contribution in [1.29, 1.82) is 0 Å². The molecule has 2 aromatic heterocycles. The molecule has 3 rings (SSSR count). The SMILES string of the molecule is CC(=NCc1ccncc1)c1nc(-c2ccc(Cl)cc2)oc1O.